The summed E-state index contributed by atoms with van der Waals surface area (Å²) >= 11 is 1.47. The van der Waals surface area contributed by atoms with Gasteiger partial charge in [0.1, 0.15) is 0 Å². The summed E-state index contributed by atoms with van der Waals surface area (Å²) in [7, 11) is 0. The molecule has 0 aromatic carbocycles. The molecule has 12 heavy (non-hydrogen) atoms. The Morgan fingerprint density at radius 1 is 1.58 bits per heavy atom. The molecule has 0 spiro atoms. The molecule has 0 amide bonds. The second-order valence-electron chi connectivity index (χ2n) is 2.46. The lowest BCUT2D eigenvalue weighted by molar-refractivity contribution is 0.283. The van der Waals surface area contributed by atoms with Gasteiger partial charge in [-0.05, 0) is 11.4 Å². The minimum absolute atomic E-state index is 0.0339. The number of H-pyrrole nitrogens is 1. The zero-order valence-corrected chi connectivity index (χ0v) is 7.02. The molecular weight excluding hydrogens is 174 g/mol. The molecule has 0 radical (unpaired) electrons. The van der Waals surface area contributed by atoms with Crippen molar-refractivity contribution in [3.05, 3.63) is 33.6 Å². The maximum absolute atomic E-state index is 11.2. The molecule has 2 N–H and O–H groups in total. The van der Waals surface area contributed by atoms with Crippen LogP contribution in [0.3, 0.4) is 0 Å². The number of fused-ring (bicyclic) bond motifs is 1. The normalized spacial score (nSPS) is 10.8. The molecule has 0 saturated heterocycles. The van der Waals surface area contributed by atoms with Crippen molar-refractivity contribution < 1.29 is 5.11 Å². The second kappa shape index (κ2) is 2.73. The van der Waals surface area contributed by atoms with E-state index in [0.717, 1.165) is 10.3 Å². The van der Waals surface area contributed by atoms with E-state index in [1.165, 1.54) is 11.3 Å². The lowest BCUT2D eigenvalue weighted by Crippen LogP contribution is -2.05. The van der Waals surface area contributed by atoms with Crippen LogP contribution in [-0.2, 0) is 6.61 Å². The van der Waals surface area contributed by atoms with Gasteiger partial charge in [-0.15, -0.1) is 11.3 Å². The third-order valence-electron chi connectivity index (χ3n) is 1.75. The minimum atomic E-state index is -0.0940. The molecule has 0 unspecified atom stereocenters. The Morgan fingerprint density at radius 2 is 2.42 bits per heavy atom. The highest BCUT2D eigenvalue weighted by atomic mass is 32.1. The molecule has 2 aromatic rings. The van der Waals surface area contributed by atoms with E-state index in [0.29, 0.717) is 5.39 Å². The van der Waals surface area contributed by atoms with Crippen LogP contribution in [0.15, 0.2) is 22.4 Å². The highest BCUT2D eigenvalue weighted by Gasteiger charge is 2.03. The van der Waals surface area contributed by atoms with E-state index in [1.807, 2.05) is 5.38 Å². The van der Waals surface area contributed by atoms with Gasteiger partial charge in [-0.25, -0.2) is 0 Å². The molecule has 2 heterocycles. The number of rotatable bonds is 1. The first kappa shape index (κ1) is 7.52. The van der Waals surface area contributed by atoms with Gasteiger partial charge in [0.15, 0.2) is 0 Å². The second-order valence-corrected chi connectivity index (χ2v) is 3.38. The zero-order chi connectivity index (χ0) is 8.55. The molecule has 4 heteroatoms. The molecule has 0 aliphatic heterocycles. The number of aromatic nitrogens is 1. The smallest absolute Gasteiger partial charge is 0.256 e. The number of pyridine rings is 1. The van der Waals surface area contributed by atoms with E-state index < -0.39 is 0 Å². The van der Waals surface area contributed by atoms with E-state index >= 15 is 0 Å². The van der Waals surface area contributed by atoms with Crippen molar-refractivity contribution in [1.82, 2.24) is 4.98 Å². The third kappa shape index (κ3) is 0.964. The fourth-order valence-corrected chi connectivity index (χ4v) is 2.05. The van der Waals surface area contributed by atoms with Crippen LogP contribution in [0.4, 0.5) is 0 Å². The van der Waals surface area contributed by atoms with Crippen LogP contribution < -0.4 is 5.56 Å². The minimum Gasteiger partial charge on any atom is -0.392 e. The third-order valence-corrected chi connectivity index (χ3v) is 2.74. The summed E-state index contributed by atoms with van der Waals surface area (Å²) in [6, 6.07) is 1.76. The highest BCUT2D eigenvalue weighted by molar-refractivity contribution is 7.17. The highest BCUT2D eigenvalue weighted by Crippen LogP contribution is 2.20. The van der Waals surface area contributed by atoms with Crippen LogP contribution in [0.2, 0.25) is 0 Å². The van der Waals surface area contributed by atoms with Gasteiger partial charge in [0, 0.05) is 16.5 Å². The molecule has 0 fully saturated rings. The lowest BCUT2D eigenvalue weighted by atomic mass is 10.2. The van der Waals surface area contributed by atoms with Gasteiger partial charge >= 0.3 is 0 Å². The summed E-state index contributed by atoms with van der Waals surface area (Å²) in [6.45, 7) is -0.0339. The number of nitrogens with one attached hydrogen (secondary N) is 1. The SMILES string of the molecule is O=c1[nH]cc(CO)c2sccc12. The van der Waals surface area contributed by atoms with Crippen LogP contribution in [0.5, 0.6) is 0 Å². The van der Waals surface area contributed by atoms with Crippen LogP contribution in [0, 0.1) is 0 Å². The molecule has 3 nitrogen and oxygen atoms in total. The Hall–Kier alpha value is -1.13. The van der Waals surface area contributed by atoms with Gasteiger partial charge in [-0.1, -0.05) is 0 Å². The van der Waals surface area contributed by atoms with E-state index in [9.17, 15) is 4.79 Å². The van der Waals surface area contributed by atoms with Gasteiger partial charge in [0.2, 0.25) is 0 Å². The first-order valence-electron chi connectivity index (χ1n) is 3.51. The lowest BCUT2D eigenvalue weighted by Gasteiger charge is -1.95. The summed E-state index contributed by atoms with van der Waals surface area (Å²) in [5.41, 5.74) is 0.683. The number of thiophene rings is 1. The fraction of sp³-hybridized carbons (Fsp3) is 0.125. The van der Waals surface area contributed by atoms with Crippen LogP contribution >= 0.6 is 11.3 Å². The molecule has 62 valence electrons. The Morgan fingerprint density at radius 3 is 3.17 bits per heavy atom. The Balaban J connectivity index is 2.92. The molecule has 0 bridgehead atoms. The predicted molar refractivity (Wildman–Crippen MR) is 48.4 cm³/mol. The van der Waals surface area contributed by atoms with Crippen molar-refractivity contribution in [3.8, 4) is 0 Å². The Bertz CT molecular complexity index is 457. The summed E-state index contributed by atoms with van der Waals surface area (Å²) in [6.07, 6.45) is 1.56. The molecule has 0 atom stereocenters. The van der Waals surface area contributed by atoms with Crippen molar-refractivity contribution in [1.29, 1.82) is 0 Å². The first-order chi connectivity index (χ1) is 5.83. The van der Waals surface area contributed by atoms with Gasteiger partial charge in [0.05, 0.1) is 12.0 Å². The number of aliphatic hydroxyl groups excluding tert-OH is 1. The average Bonchev–Trinajstić information content (AvgIpc) is 2.54. The van der Waals surface area contributed by atoms with Crippen molar-refractivity contribution in [2.75, 3.05) is 0 Å². The number of hydrogen-bond donors (Lipinski definition) is 2. The molecule has 2 aromatic heterocycles. The van der Waals surface area contributed by atoms with Crippen molar-refractivity contribution in [3.63, 3.8) is 0 Å². The predicted octanol–water partition coefficient (Wildman–Crippen LogP) is 1.08. The van der Waals surface area contributed by atoms with Crippen molar-refractivity contribution in [2.24, 2.45) is 0 Å². The number of aromatic amines is 1. The number of aliphatic hydroxyl groups is 1. The Labute approximate surface area is 72.3 Å². The molecule has 0 saturated carbocycles. The number of hydrogen-bond acceptors (Lipinski definition) is 3. The largest absolute Gasteiger partial charge is 0.392 e. The van der Waals surface area contributed by atoms with Gasteiger partial charge < -0.3 is 10.1 Å². The zero-order valence-electron chi connectivity index (χ0n) is 6.20. The quantitative estimate of drug-likeness (QED) is 0.691. The summed E-state index contributed by atoms with van der Waals surface area (Å²) in [5, 5.41) is 11.4. The summed E-state index contributed by atoms with van der Waals surface area (Å²) in [4.78, 5) is 13.7. The molecule has 2 rings (SSSR count). The maximum Gasteiger partial charge on any atom is 0.256 e. The van der Waals surface area contributed by atoms with Gasteiger partial charge in [0.25, 0.3) is 5.56 Å². The van der Waals surface area contributed by atoms with E-state index in [4.69, 9.17) is 5.11 Å². The summed E-state index contributed by atoms with van der Waals surface area (Å²) < 4.78 is 0.876. The van der Waals surface area contributed by atoms with Crippen LogP contribution in [-0.4, -0.2) is 10.1 Å². The van der Waals surface area contributed by atoms with Crippen LogP contribution in [0.25, 0.3) is 10.1 Å². The molecule has 0 aliphatic carbocycles. The fourth-order valence-electron chi connectivity index (χ4n) is 1.15. The van der Waals surface area contributed by atoms with Crippen LogP contribution in [0.1, 0.15) is 5.56 Å². The van der Waals surface area contributed by atoms with E-state index in [1.54, 1.807) is 12.3 Å². The van der Waals surface area contributed by atoms with E-state index in [-0.39, 0.29) is 12.2 Å². The standard InChI is InChI=1S/C8H7NO2S/c10-4-5-3-9-8(11)6-1-2-12-7(5)6/h1-3,10H,4H2,(H,9,11). The maximum atomic E-state index is 11.2. The van der Waals surface area contributed by atoms with E-state index in [2.05, 4.69) is 4.98 Å². The van der Waals surface area contributed by atoms with Crippen molar-refractivity contribution >= 4 is 21.4 Å². The van der Waals surface area contributed by atoms with Crippen molar-refractivity contribution in [2.45, 2.75) is 6.61 Å². The topological polar surface area (TPSA) is 53.1 Å². The Kier molecular flexibility index (Phi) is 1.71. The molecular formula is C8H7NO2S. The first-order valence-corrected chi connectivity index (χ1v) is 4.39. The summed E-state index contributed by atoms with van der Waals surface area (Å²) in [5.74, 6) is 0. The van der Waals surface area contributed by atoms with Gasteiger partial charge in [-0.2, -0.15) is 0 Å². The average molecular weight is 181 g/mol. The van der Waals surface area contributed by atoms with Gasteiger partial charge in [-0.3, -0.25) is 4.79 Å². The molecule has 0 aliphatic rings. The monoisotopic (exact) mass is 181 g/mol.